The van der Waals surface area contributed by atoms with Gasteiger partial charge in [0, 0.05) is 5.69 Å². The van der Waals surface area contributed by atoms with Gasteiger partial charge in [-0.15, -0.1) is 0 Å². The first-order valence-electron chi connectivity index (χ1n) is 11.9. The molecule has 190 valence electrons. The number of nitrogens with two attached hydrogens (primary N) is 2. The van der Waals surface area contributed by atoms with Crippen LogP contribution in [0.5, 0.6) is 0 Å². The summed E-state index contributed by atoms with van der Waals surface area (Å²) in [4.78, 5) is 18.1. The Kier molecular flexibility index (Phi) is 7.05. The van der Waals surface area contributed by atoms with Crippen molar-refractivity contribution >= 4 is 23.2 Å². The molecule has 2 atom stereocenters. The molecule has 0 aliphatic heterocycles. The summed E-state index contributed by atoms with van der Waals surface area (Å²) in [5, 5.41) is 14.5. The van der Waals surface area contributed by atoms with Crippen molar-refractivity contribution in [2.75, 3.05) is 10.6 Å². The second-order valence-electron chi connectivity index (χ2n) is 8.54. The number of nitrogens with zero attached hydrogens (tertiary/aromatic N) is 4. The van der Waals surface area contributed by atoms with Crippen LogP contribution in [0.1, 0.15) is 33.6 Å². The number of benzene rings is 3. The van der Waals surface area contributed by atoms with E-state index in [0.29, 0.717) is 11.4 Å². The van der Waals surface area contributed by atoms with E-state index < -0.39 is 23.8 Å². The molecule has 0 radical (unpaired) electrons. The highest BCUT2D eigenvalue weighted by Gasteiger charge is 2.25. The standard InChI is InChI=1S/C28H25FN8O/c29-23-17-22(26(31)38)27(34-20-12-7-13-21(16-20)37-32-14-15-33-37)36-28(23)35-25(19-10-5-2-6-11-19)24(30)18-8-3-1-4-9-18/h1-17,24-25H,30H2,(H2,31,38)(H2,34,35,36)/t24-,25-/m0/s1. The Labute approximate surface area is 218 Å². The zero-order valence-corrected chi connectivity index (χ0v) is 20.2. The number of amides is 1. The fourth-order valence-electron chi connectivity index (χ4n) is 4.12. The molecule has 5 aromatic rings. The quantitative estimate of drug-likeness (QED) is 0.230. The van der Waals surface area contributed by atoms with Gasteiger partial charge in [-0.3, -0.25) is 4.79 Å². The van der Waals surface area contributed by atoms with Crippen LogP contribution in [0.4, 0.5) is 21.7 Å². The number of pyridine rings is 1. The van der Waals surface area contributed by atoms with E-state index in [2.05, 4.69) is 25.8 Å². The van der Waals surface area contributed by atoms with E-state index in [4.69, 9.17) is 11.5 Å². The number of hydrogen-bond donors (Lipinski definition) is 4. The van der Waals surface area contributed by atoms with Gasteiger partial charge in [0.15, 0.2) is 11.6 Å². The van der Waals surface area contributed by atoms with Gasteiger partial charge in [0.05, 0.1) is 35.7 Å². The van der Waals surface area contributed by atoms with Crippen LogP contribution in [0.3, 0.4) is 0 Å². The van der Waals surface area contributed by atoms with Crippen molar-refractivity contribution in [3.63, 3.8) is 0 Å². The zero-order chi connectivity index (χ0) is 26.5. The summed E-state index contributed by atoms with van der Waals surface area (Å²) in [5.74, 6) is -1.55. The summed E-state index contributed by atoms with van der Waals surface area (Å²) < 4.78 is 15.3. The molecule has 2 aromatic heterocycles. The summed E-state index contributed by atoms with van der Waals surface area (Å²) in [6, 6.07) is 26.2. The topological polar surface area (TPSA) is 137 Å². The lowest BCUT2D eigenvalue weighted by atomic mass is 9.94. The predicted molar refractivity (Wildman–Crippen MR) is 144 cm³/mol. The summed E-state index contributed by atoms with van der Waals surface area (Å²) in [7, 11) is 0. The molecule has 2 heterocycles. The van der Waals surface area contributed by atoms with Crippen molar-refractivity contribution in [3.05, 3.63) is 126 Å². The second kappa shape index (κ2) is 10.9. The highest BCUT2D eigenvalue weighted by atomic mass is 19.1. The van der Waals surface area contributed by atoms with Crippen LogP contribution in [0, 0.1) is 5.82 Å². The first kappa shape index (κ1) is 24.6. The van der Waals surface area contributed by atoms with E-state index in [1.807, 2.05) is 66.7 Å². The molecule has 0 aliphatic rings. The Balaban J connectivity index is 1.51. The van der Waals surface area contributed by atoms with Crippen LogP contribution < -0.4 is 22.1 Å². The molecule has 0 spiro atoms. The van der Waals surface area contributed by atoms with Crippen molar-refractivity contribution in [1.82, 2.24) is 20.0 Å². The Bertz CT molecular complexity index is 1530. The van der Waals surface area contributed by atoms with Crippen molar-refractivity contribution in [2.24, 2.45) is 11.5 Å². The van der Waals surface area contributed by atoms with Crippen molar-refractivity contribution in [2.45, 2.75) is 12.1 Å². The minimum atomic E-state index is -0.823. The van der Waals surface area contributed by atoms with Crippen molar-refractivity contribution < 1.29 is 9.18 Å². The number of nitrogens with one attached hydrogen (secondary N) is 2. The van der Waals surface area contributed by atoms with Gasteiger partial charge in [0.25, 0.3) is 5.91 Å². The van der Waals surface area contributed by atoms with Gasteiger partial charge in [-0.1, -0.05) is 66.7 Å². The molecule has 10 heteroatoms. The smallest absolute Gasteiger partial charge is 0.252 e. The number of rotatable bonds is 9. The number of aromatic nitrogens is 4. The summed E-state index contributed by atoms with van der Waals surface area (Å²) in [6.07, 6.45) is 3.13. The SMILES string of the molecule is NC(=O)c1cc(F)c(N[C@@H](c2ccccc2)[C@@H](N)c2ccccc2)nc1Nc1cccc(-n2nccn2)c1. The molecule has 9 nitrogen and oxygen atoms in total. The molecule has 0 saturated heterocycles. The number of carbonyl (C=O) groups excluding carboxylic acids is 1. The zero-order valence-electron chi connectivity index (χ0n) is 20.2. The molecule has 1 amide bonds. The lowest BCUT2D eigenvalue weighted by Crippen LogP contribution is -2.27. The van der Waals surface area contributed by atoms with Gasteiger partial charge in [0.2, 0.25) is 0 Å². The van der Waals surface area contributed by atoms with Crippen molar-refractivity contribution in [1.29, 1.82) is 0 Å². The molecule has 0 bridgehead atoms. The fraction of sp³-hybridized carbons (Fsp3) is 0.0714. The Morgan fingerprint density at radius 3 is 2.16 bits per heavy atom. The highest BCUT2D eigenvalue weighted by molar-refractivity contribution is 5.98. The number of hydrogen-bond acceptors (Lipinski definition) is 7. The van der Waals surface area contributed by atoms with Crippen LogP contribution in [0.15, 0.2) is 103 Å². The van der Waals surface area contributed by atoms with Gasteiger partial charge in [0.1, 0.15) is 5.82 Å². The lowest BCUT2D eigenvalue weighted by molar-refractivity contribution is 0.100. The molecule has 5 rings (SSSR count). The molecule has 38 heavy (non-hydrogen) atoms. The van der Waals surface area contributed by atoms with Crippen LogP contribution in [-0.2, 0) is 0 Å². The van der Waals surface area contributed by atoms with E-state index in [9.17, 15) is 4.79 Å². The number of carbonyl (C=O) groups is 1. The lowest BCUT2D eigenvalue weighted by Gasteiger charge is -2.27. The number of halogens is 1. The monoisotopic (exact) mass is 508 g/mol. The van der Waals surface area contributed by atoms with Gasteiger partial charge in [-0.2, -0.15) is 15.0 Å². The third kappa shape index (κ3) is 5.35. The molecule has 3 aromatic carbocycles. The Morgan fingerprint density at radius 1 is 0.842 bits per heavy atom. The first-order chi connectivity index (χ1) is 18.5. The summed E-state index contributed by atoms with van der Waals surface area (Å²) in [6.45, 7) is 0. The minimum absolute atomic E-state index is 0.0809. The third-order valence-corrected chi connectivity index (χ3v) is 5.99. The number of primary amides is 1. The maximum absolute atomic E-state index is 15.3. The average molecular weight is 509 g/mol. The first-order valence-corrected chi connectivity index (χ1v) is 11.9. The van der Waals surface area contributed by atoms with Crippen LogP contribution in [-0.4, -0.2) is 25.9 Å². The Hall–Kier alpha value is -5.09. The van der Waals surface area contributed by atoms with Crippen molar-refractivity contribution in [3.8, 4) is 5.69 Å². The van der Waals surface area contributed by atoms with Crippen LogP contribution >= 0.6 is 0 Å². The highest BCUT2D eigenvalue weighted by Crippen LogP contribution is 2.32. The molecule has 0 fully saturated rings. The maximum atomic E-state index is 15.3. The van der Waals surface area contributed by atoms with E-state index in [-0.39, 0.29) is 17.2 Å². The van der Waals surface area contributed by atoms with Crippen LogP contribution in [0.2, 0.25) is 0 Å². The van der Waals surface area contributed by atoms with E-state index >= 15 is 4.39 Å². The molecule has 0 saturated carbocycles. The van der Waals surface area contributed by atoms with Gasteiger partial charge in [-0.25, -0.2) is 9.37 Å². The number of anilines is 3. The molecule has 0 aliphatic carbocycles. The summed E-state index contributed by atoms with van der Waals surface area (Å²) >= 11 is 0. The maximum Gasteiger partial charge on any atom is 0.252 e. The molecular weight excluding hydrogens is 483 g/mol. The average Bonchev–Trinajstić information content (AvgIpc) is 3.49. The predicted octanol–water partition coefficient (Wildman–Crippen LogP) is 4.50. The minimum Gasteiger partial charge on any atom is -0.365 e. The van der Waals surface area contributed by atoms with Crippen LogP contribution in [0.25, 0.3) is 5.69 Å². The second-order valence-corrected chi connectivity index (χ2v) is 8.54. The van der Waals surface area contributed by atoms with Gasteiger partial charge in [-0.05, 0) is 35.4 Å². The Morgan fingerprint density at radius 2 is 1.50 bits per heavy atom. The molecule has 0 unspecified atom stereocenters. The largest absolute Gasteiger partial charge is 0.365 e. The summed E-state index contributed by atoms with van der Waals surface area (Å²) in [5.41, 5.74) is 15.1. The third-order valence-electron chi connectivity index (χ3n) is 5.99. The molecule has 6 N–H and O–H groups in total. The van der Waals surface area contributed by atoms with E-state index in [1.165, 1.54) is 4.80 Å². The van der Waals surface area contributed by atoms with E-state index in [0.717, 1.165) is 17.2 Å². The van der Waals surface area contributed by atoms with Gasteiger partial charge >= 0.3 is 0 Å². The van der Waals surface area contributed by atoms with Gasteiger partial charge < -0.3 is 22.1 Å². The molecular formula is C28H25FN8O. The fourth-order valence-corrected chi connectivity index (χ4v) is 4.12. The van der Waals surface area contributed by atoms with E-state index in [1.54, 1.807) is 30.6 Å². The normalized spacial score (nSPS) is 12.5.